The highest BCUT2D eigenvalue weighted by atomic mass is 16.1. The van der Waals surface area contributed by atoms with Crippen LogP contribution in [0.5, 0.6) is 0 Å². The van der Waals surface area contributed by atoms with Crippen LogP contribution in [0.1, 0.15) is 59.3 Å². The molecule has 0 bridgehead atoms. The molecule has 0 saturated carbocycles. The molecule has 0 aliphatic heterocycles. The zero-order chi connectivity index (χ0) is 14.7. The fourth-order valence-corrected chi connectivity index (χ4v) is 1.76. The standard InChI is InChI=1S/C15H29N3O/c1-5-6-10-15(19)18-14(12(2)3)9-7-8-11-17-13(4)16/h14H,2,5-11H2,1,3-4H3,(H2,16,17)(H,18,19). The molecule has 110 valence electrons. The molecule has 4 nitrogen and oxygen atoms in total. The van der Waals surface area contributed by atoms with Crippen molar-refractivity contribution in [3.63, 3.8) is 0 Å². The number of nitrogens with one attached hydrogen (secondary N) is 1. The van der Waals surface area contributed by atoms with Crippen LogP contribution < -0.4 is 11.1 Å². The Balaban J connectivity index is 3.96. The summed E-state index contributed by atoms with van der Waals surface area (Å²) < 4.78 is 0. The molecule has 3 N–H and O–H groups in total. The van der Waals surface area contributed by atoms with Crippen molar-refractivity contribution in [2.45, 2.75) is 65.3 Å². The Bertz CT molecular complexity index is 307. The Morgan fingerprint density at radius 2 is 2.00 bits per heavy atom. The molecular weight excluding hydrogens is 238 g/mol. The van der Waals surface area contributed by atoms with E-state index in [-0.39, 0.29) is 11.9 Å². The van der Waals surface area contributed by atoms with Crippen LogP contribution in [0.3, 0.4) is 0 Å². The Kier molecular flexibility index (Phi) is 9.85. The number of hydrogen-bond donors (Lipinski definition) is 2. The number of amidine groups is 1. The molecule has 0 heterocycles. The Morgan fingerprint density at radius 1 is 1.32 bits per heavy atom. The molecule has 0 aliphatic carbocycles. The van der Waals surface area contributed by atoms with E-state index in [2.05, 4.69) is 23.8 Å². The molecule has 4 heteroatoms. The molecule has 0 aliphatic rings. The minimum absolute atomic E-state index is 0.0901. The molecule has 1 amide bonds. The Hall–Kier alpha value is -1.32. The second-order valence-electron chi connectivity index (χ2n) is 5.09. The van der Waals surface area contributed by atoms with Crippen molar-refractivity contribution in [3.05, 3.63) is 12.2 Å². The van der Waals surface area contributed by atoms with Crippen molar-refractivity contribution in [2.24, 2.45) is 10.7 Å². The lowest BCUT2D eigenvalue weighted by atomic mass is 10.0. The quantitative estimate of drug-likeness (QED) is 0.276. The summed E-state index contributed by atoms with van der Waals surface area (Å²) in [6, 6.07) is 0.0901. The SMILES string of the molecule is C=C(C)C(CCCCN=C(C)N)NC(=O)CCCC. The van der Waals surface area contributed by atoms with E-state index in [9.17, 15) is 4.79 Å². The molecule has 0 fully saturated rings. The predicted molar refractivity (Wildman–Crippen MR) is 82.3 cm³/mol. The van der Waals surface area contributed by atoms with Crippen molar-refractivity contribution < 1.29 is 4.79 Å². The molecule has 0 spiro atoms. The molecule has 1 atom stereocenters. The molecular formula is C15H29N3O. The average Bonchev–Trinajstić information content (AvgIpc) is 2.33. The third-order valence-corrected chi connectivity index (χ3v) is 2.95. The smallest absolute Gasteiger partial charge is 0.220 e. The van der Waals surface area contributed by atoms with E-state index in [4.69, 9.17) is 5.73 Å². The largest absolute Gasteiger partial charge is 0.388 e. The fraction of sp³-hybridized carbons (Fsp3) is 0.733. The average molecular weight is 267 g/mol. The maximum absolute atomic E-state index is 11.7. The number of amides is 1. The van der Waals surface area contributed by atoms with Crippen molar-refractivity contribution in [2.75, 3.05) is 6.54 Å². The summed E-state index contributed by atoms with van der Waals surface area (Å²) in [7, 11) is 0. The third-order valence-electron chi connectivity index (χ3n) is 2.95. The van der Waals surface area contributed by atoms with Gasteiger partial charge >= 0.3 is 0 Å². The van der Waals surface area contributed by atoms with Crippen LogP contribution in [0, 0.1) is 0 Å². The lowest BCUT2D eigenvalue weighted by molar-refractivity contribution is -0.121. The Labute approximate surface area is 117 Å². The highest BCUT2D eigenvalue weighted by Crippen LogP contribution is 2.09. The number of nitrogens with two attached hydrogens (primary N) is 1. The van der Waals surface area contributed by atoms with Crippen LogP contribution in [0.15, 0.2) is 17.1 Å². The van der Waals surface area contributed by atoms with Crippen molar-refractivity contribution in [1.29, 1.82) is 0 Å². The van der Waals surface area contributed by atoms with E-state index < -0.39 is 0 Å². The van der Waals surface area contributed by atoms with Gasteiger partial charge in [0.05, 0.1) is 5.84 Å². The third kappa shape index (κ3) is 10.3. The highest BCUT2D eigenvalue weighted by molar-refractivity contribution is 5.77. The molecule has 0 radical (unpaired) electrons. The van der Waals surface area contributed by atoms with Crippen LogP contribution in [0.2, 0.25) is 0 Å². The Morgan fingerprint density at radius 3 is 2.53 bits per heavy atom. The van der Waals surface area contributed by atoms with E-state index in [0.717, 1.165) is 44.2 Å². The fourth-order valence-electron chi connectivity index (χ4n) is 1.76. The minimum Gasteiger partial charge on any atom is -0.388 e. The van der Waals surface area contributed by atoms with Crippen LogP contribution in [0.4, 0.5) is 0 Å². The van der Waals surface area contributed by atoms with E-state index in [0.29, 0.717) is 12.3 Å². The first kappa shape index (κ1) is 17.7. The summed E-state index contributed by atoms with van der Waals surface area (Å²) in [5.74, 6) is 0.759. The van der Waals surface area contributed by atoms with Gasteiger partial charge in [-0.3, -0.25) is 9.79 Å². The van der Waals surface area contributed by atoms with E-state index >= 15 is 0 Å². The number of rotatable bonds is 10. The maximum Gasteiger partial charge on any atom is 0.220 e. The second-order valence-corrected chi connectivity index (χ2v) is 5.09. The van der Waals surface area contributed by atoms with Gasteiger partial charge in [-0.15, -0.1) is 0 Å². The van der Waals surface area contributed by atoms with Crippen molar-refractivity contribution in [1.82, 2.24) is 5.32 Å². The lowest BCUT2D eigenvalue weighted by Gasteiger charge is -2.18. The van der Waals surface area contributed by atoms with E-state index in [1.807, 2.05) is 6.92 Å². The number of hydrogen-bond acceptors (Lipinski definition) is 2. The van der Waals surface area contributed by atoms with Crippen LogP contribution >= 0.6 is 0 Å². The minimum atomic E-state index is 0.0901. The number of aliphatic imine (C=N–C) groups is 1. The number of carbonyl (C=O) groups excluding carboxylic acids is 1. The molecule has 0 aromatic heterocycles. The van der Waals surface area contributed by atoms with Crippen LogP contribution in [-0.4, -0.2) is 24.3 Å². The van der Waals surface area contributed by atoms with Gasteiger partial charge in [-0.05, 0) is 39.5 Å². The topological polar surface area (TPSA) is 67.5 Å². The predicted octanol–water partition coefficient (Wildman–Crippen LogP) is 2.78. The van der Waals surface area contributed by atoms with Gasteiger partial charge in [0.2, 0.25) is 5.91 Å². The van der Waals surface area contributed by atoms with E-state index in [1.165, 1.54) is 0 Å². The highest BCUT2D eigenvalue weighted by Gasteiger charge is 2.12. The van der Waals surface area contributed by atoms with Crippen molar-refractivity contribution >= 4 is 11.7 Å². The summed E-state index contributed by atoms with van der Waals surface area (Å²) >= 11 is 0. The zero-order valence-electron chi connectivity index (χ0n) is 12.7. The molecule has 0 aromatic carbocycles. The summed E-state index contributed by atoms with van der Waals surface area (Å²) in [5, 5.41) is 3.05. The van der Waals surface area contributed by atoms with Gasteiger partial charge in [0.1, 0.15) is 0 Å². The van der Waals surface area contributed by atoms with Gasteiger partial charge in [0.15, 0.2) is 0 Å². The van der Waals surface area contributed by atoms with Gasteiger partial charge in [-0.25, -0.2) is 0 Å². The lowest BCUT2D eigenvalue weighted by Crippen LogP contribution is -2.35. The van der Waals surface area contributed by atoms with Gasteiger partial charge in [-0.1, -0.05) is 25.5 Å². The summed E-state index contributed by atoms with van der Waals surface area (Å²) in [6.07, 6.45) is 5.52. The van der Waals surface area contributed by atoms with Gasteiger partial charge < -0.3 is 11.1 Å². The molecule has 0 saturated heterocycles. The first-order chi connectivity index (χ1) is 8.97. The maximum atomic E-state index is 11.7. The molecule has 19 heavy (non-hydrogen) atoms. The van der Waals surface area contributed by atoms with Crippen molar-refractivity contribution in [3.8, 4) is 0 Å². The first-order valence-electron chi connectivity index (χ1n) is 7.18. The zero-order valence-corrected chi connectivity index (χ0v) is 12.7. The number of nitrogens with zero attached hydrogens (tertiary/aromatic N) is 1. The number of unbranched alkanes of at least 4 members (excludes halogenated alkanes) is 2. The number of carbonyl (C=O) groups is 1. The summed E-state index contributed by atoms with van der Waals surface area (Å²) in [4.78, 5) is 15.9. The van der Waals surface area contributed by atoms with Gasteiger partial charge in [0.25, 0.3) is 0 Å². The van der Waals surface area contributed by atoms with Gasteiger partial charge in [-0.2, -0.15) is 0 Å². The van der Waals surface area contributed by atoms with E-state index in [1.54, 1.807) is 6.92 Å². The normalized spacial score (nSPS) is 13.1. The van der Waals surface area contributed by atoms with Gasteiger partial charge in [0, 0.05) is 19.0 Å². The molecule has 0 aromatic rings. The second kappa shape index (κ2) is 10.6. The first-order valence-corrected chi connectivity index (χ1v) is 7.18. The summed E-state index contributed by atoms with van der Waals surface area (Å²) in [6.45, 7) is 10.6. The molecule has 0 rings (SSSR count). The monoisotopic (exact) mass is 267 g/mol. The molecule has 1 unspecified atom stereocenters. The van der Waals surface area contributed by atoms with Crippen LogP contribution in [0.25, 0.3) is 0 Å². The summed E-state index contributed by atoms with van der Waals surface area (Å²) in [5.41, 5.74) is 6.49. The van der Waals surface area contributed by atoms with Crippen LogP contribution in [-0.2, 0) is 4.79 Å².